The van der Waals surface area contributed by atoms with Crippen LogP contribution in [0.4, 0.5) is 0 Å². The van der Waals surface area contributed by atoms with Gasteiger partial charge in [0, 0.05) is 0 Å². The van der Waals surface area contributed by atoms with E-state index in [1.54, 1.807) is 44.4 Å². The largest absolute Gasteiger partial charge is 0.494 e. The van der Waals surface area contributed by atoms with Gasteiger partial charge in [-0.05, 0) is 39.8 Å². The molecule has 130 valence electrons. The summed E-state index contributed by atoms with van der Waals surface area (Å²) in [4.78, 5) is 28.6. The number of aromatic nitrogens is 2. The molecule has 0 unspecified atom stereocenters. The van der Waals surface area contributed by atoms with Crippen LogP contribution in [0.15, 0.2) is 12.1 Å². The number of rotatable bonds is 4. The standard InChI is InChI=1S/C17H22N2O5/c1-10-18-14-11(16(21)23-6)7-8-12(22-5)15(14)19(10)9-13(20)24-17(2,3)4/h7-8H,9H2,1-6H3. The predicted molar refractivity (Wildman–Crippen MR) is 88.2 cm³/mol. The van der Waals surface area contributed by atoms with E-state index in [1.165, 1.54) is 14.2 Å². The predicted octanol–water partition coefficient (Wildman–Crippen LogP) is 2.48. The second-order valence-electron chi connectivity index (χ2n) is 6.34. The fourth-order valence-electron chi connectivity index (χ4n) is 2.45. The van der Waals surface area contributed by atoms with Crippen molar-refractivity contribution in [2.45, 2.75) is 39.8 Å². The molecule has 1 aromatic heterocycles. The van der Waals surface area contributed by atoms with Crippen LogP contribution in [0.3, 0.4) is 0 Å². The molecule has 0 saturated carbocycles. The fourth-order valence-corrected chi connectivity index (χ4v) is 2.45. The number of carbonyl (C=O) groups excluding carboxylic acids is 2. The molecule has 0 spiro atoms. The van der Waals surface area contributed by atoms with Crippen molar-refractivity contribution in [2.75, 3.05) is 14.2 Å². The number of imidazole rings is 1. The first-order valence-corrected chi connectivity index (χ1v) is 7.52. The quantitative estimate of drug-likeness (QED) is 0.799. The lowest BCUT2D eigenvalue weighted by atomic mass is 10.1. The second-order valence-corrected chi connectivity index (χ2v) is 6.34. The molecule has 1 heterocycles. The van der Waals surface area contributed by atoms with Crippen molar-refractivity contribution in [3.63, 3.8) is 0 Å². The zero-order valence-corrected chi connectivity index (χ0v) is 14.8. The van der Waals surface area contributed by atoms with Crippen LogP contribution in [0.5, 0.6) is 5.75 Å². The zero-order valence-electron chi connectivity index (χ0n) is 14.8. The summed E-state index contributed by atoms with van der Waals surface area (Å²) in [6.07, 6.45) is 0. The third kappa shape index (κ3) is 3.50. The van der Waals surface area contributed by atoms with Gasteiger partial charge in [0.2, 0.25) is 0 Å². The van der Waals surface area contributed by atoms with Crippen LogP contribution in [-0.2, 0) is 20.8 Å². The summed E-state index contributed by atoms with van der Waals surface area (Å²) >= 11 is 0. The first-order valence-electron chi connectivity index (χ1n) is 7.52. The molecule has 7 nitrogen and oxygen atoms in total. The first-order chi connectivity index (χ1) is 11.2. The third-order valence-corrected chi connectivity index (χ3v) is 3.38. The minimum atomic E-state index is -0.581. The van der Waals surface area contributed by atoms with Crippen molar-refractivity contribution in [1.82, 2.24) is 9.55 Å². The number of hydrogen-bond donors (Lipinski definition) is 0. The molecule has 2 aromatic rings. The molecular formula is C17H22N2O5. The van der Waals surface area contributed by atoms with Crippen LogP contribution < -0.4 is 4.74 Å². The number of esters is 2. The Morgan fingerprint density at radius 2 is 1.88 bits per heavy atom. The summed E-state index contributed by atoms with van der Waals surface area (Å²) < 4.78 is 17.2. The summed E-state index contributed by atoms with van der Waals surface area (Å²) in [5.74, 6) is 0.201. The molecule has 0 aliphatic rings. The van der Waals surface area contributed by atoms with Crippen molar-refractivity contribution in [1.29, 1.82) is 0 Å². The van der Waals surface area contributed by atoms with E-state index in [1.807, 2.05) is 0 Å². The number of ether oxygens (including phenoxy) is 3. The molecule has 2 rings (SSSR count). The Balaban J connectivity index is 2.56. The Hall–Kier alpha value is -2.57. The lowest BCUT2D eigenvalue weighted by molar-refractivity contribution is -0.155. The highest BCUT2D eigenvalue weighted by atomic mass is 16.6. The van der Waals surface area contributed by atoms with Crippen molar-refractivity contribution >= 4 is 23.0 Å². The van der Waals surface area contributed by atoms with Gasteiger partial charge >= 0.3 is 11.9 Å². The summed E-state index contributed by atoms with van der Waals surface area (Å²) in [6, 6.07) is 3.25. The molecule has 0 saturated heterocycles. The topological polar surface area (TPSA) is 79.7 Å². The summed E-state index contributed by atoms with van der Waals surface area (Å²) in [6.45, 7) is 7.14. The highest BCUT2D eigenvalue weighted by molar-refractivity contribution is 6.04. The molecule has 0 bridgehead atoms. The maximum Gasteiger partial charge on any atom is 0.340 e. The van der Waals surface area contributed by atoms with E-state index in [4.69, 9.17) is 14.2 Å². The molecule has 1 aromatic carbocycles. The molecule has 24 heavy (non-hydrogen) atoms. The fraction of sp³-hybridized carbons (Fsp3) is 0.471. The van der Waals surface area contributed by atoms with Gasteiger partial charge in [0.05, 0.1) is 19.8 Å². The molecule has 0 radical (unpaired) electrons. The van der Waals surface area contributed by atoms with Crippen molar-refractivity contribution < 1.29 is 23.8 Å². The second kappa shape index (κ2) is 6.51. The maximum atomic E-state index is 12.2. The zero-order chi connectivity index (χ0) is 18.1. The van der Waals surface area contributed by atoms with Gasteiger partial charge in [-0.1, -0.05) is 0 Å². The number of aryl methyl sites for hydroxylation is 1. The van der Waals surface area contributed by atoms with Gasteiger partial charge in [0.15, 0.2) is 0 Å². The minimum Gasteiger partial charge on any atom is -0.494 e. The number of fused-ring (bicyclic) bond motifs is 1. The number of hydrogen-bond acceptors (Lipinski definition) is 6. The van der Waals surface area contributed by atoms with E-state index in [-0.39, 0.29) is 6.54 Å². The Labute approximate surface area is 140 Å². The Kier molecular flexibility index (Phi) is 4.82. The monoisotopic (exact) mass is 334 g/mol. The number of methoxy groups -OCH3 is 2. The summed E-state index contributed by atoms with van der Waals surface area (Å²) in [7, 11) is 2.83. The molecule has 0 fully saturated rings. The smallest absolute Gasteiger partial charge is 0.340 e. The molecule has 7 heteroatoms. The van der Waals surface area contributed by atoms with Gasteiger partial charge < -0.3 is 18.8 Å². The van der Waals surface area contributed by atoms with Gasteiger partial charge in [0.25, 0.3) is 0 Å². The molecule has 0 atom stereocenters. The van der Waals surface area contributed by atoms with Gasteiger partial charge in [-0.15, -0.1) is 0 Å². The van der Waals surface area contributed by atoms with Crippen molar-refractivity contribution in [3.8, 4) is 5.75 Å². The van der Waals surface area contributed by atoms with Crippen molar-refractivity contribution in [2.24, 2.45) is 0 Å². The third-order valence-electron chi connectivity index (χ3n) is 3.38. The SMILES string of the molecule is COC(=O)c1ccc(OC)c2c1nc(C)n2CC(=O)OC(C)(C)C. The van der Waals surface area contributed by atoms with Crippen molar-refractivity contribution in [3.05, 3.63) is 23.5 Å². The molecule has 0 aliphatic heterocycles. The van der Waals surface area contributed by atoms with E-state index in [0.717, 1.165) is 0 Å². The van der Waals surface area contributed by atoms with Crippen LogP contribution in [-0.4, -0.2) is 41.3 Å². The van der Waals surface area contributed by atoms with E-state index < -0.39 is 17.5 Å². The Morgan fingerprint density at radius 1 is 1.21 bits per heavy atom. The number of benzene rings is 1. The maximum absolute atomic E-state index is 12.2. The lowest BCUT2D eigenvalue weighted by Gasteiger charge is -2.20. The van der Waals surface area contributed by atoms with E-state index in [0.29, 0.717) is 28.2 Å². The van der Waals surface area contributed by atoms with Gasteiger partial charge in [-0.3, -0.25) is 4.79 Å². The first kappa shape index (κ1) is 17.8. The van der Waals surface area contributed by atoms with Crippen LogP contribution in [0.1, 0.15) is 37.0 Å². The van der Waals surface area contributed by atoms with E-state index in [9.17, 15) is 9.59 Å². The van der Waals surface area contributed by atoms with Gasteiger partial charge in [-0.2, -0.15) is 0 Å². The highest BCUT2D eigenvalue weighted by Crippen LogP contribution is 2.30. The van der Waals surface area contributed by atoms with E-state index in [2.05, 4.69) is 4.98 Å². The summed E-state index contributed by atoms with van der Waals surface area (Å²) in [5.41, 5.74) is 0.730. The average molecular weight is 334 g/mol. The van der Waals surface area contributed by atoms with Crippen LogP contribution in [0, 0.1) is 6.92 Å². The number of carbonyl (C=O) groups is 2. The normalized spacial score (nSPS) is 11.4. The average Bonchev–Trinajstić information content (AvgIpc) is 2.80. The van der Waals surface area contributed by atoms with Crippen LogP contribution >= 0.6 is 0 Å². The molecular weight excluding hydrogens is 312 g/mol. The van der Waals surface area contributed by atoms with Crippen LogP contribution in [0.2, 0.25) is 0 Å². The van der Waals surface area contributed by atoms with Gasteiger partial charge in [0.1, 0.15) is 34.8 Å². The van der Waals surface area contributed by atoms with Crippen LogP contribution in [0.25, 0.3) is 11.0 Å². The number of nitrogens with zero attached hydrogens (tertiary/aromatic N) is 2. The molecule has 0 amide bonds. The lowest BCUT2D eigenvalue weighted by Crippen LogP contribution is -2.26. The summed E-state index contributed by atoms with van der Waals surface area (Å²) in [5, 5.41) is 0. The minimum absolute atomic E-state index is 0.0272. The van der Waals surface area contributed by atoms with E-state index >= 15 is 0 Å². The highest BCUT2D eigenvalue weighted by Gasteiger charge is 2.23. The van der Waals surface area contributed by atoms with Gasteiger partial charge in [-0.25, -0.2) is 9.78 Å². The molecule has 0 aliphatic carbocycles. The molecule has 0 N–H and O–H groups in total. The Bertz CT molecular complexity index is 786. The Morgan fingerprint density at radius 3 is 2.42 bits per heavy atom.